The fourth-order valence-corrected chi connectivity index (χ4v) is 4.85. The smallest absolute Gasteiger partial charge is 0.223 e. The van der Waals surface area contributed by atoms with Gasteiger partial charge in [-0.15, -0.1) is 0 Å². The number of carbonyl (C=O) groups excluding carboxylic acids is 2. The highest BCUT2D eigenvalue weighted by atomic mass is 16.5. The summed E-state index contributed by atoms with van der Waals surface area (Å²) in [4.78, 5) is 26.7. The summed E-state index contributed by atoms with van der Waals surface area (Å²) in [5.41, 5.74) is 4.45. The third kappa shape index (κ3) is 7.67. The number of piperazine rings is 1. The van der Waals surface area contributed by atoms with Crippen LogP contribution in [0.1, 0.15) is 35.6 Å². The van der Waals surface area contributed by atoms with Gasteiger partial charge < -0.3 is 20.3 Å². The lowest BCUT2D eigenvalue weighted by atomic mass is 10.0. The van der Waals surface area contributed by atoms with Crippen LogP contribution in [-0.4, -0.2) is 48.9 Å². The average molecular weight is 500 g/mol. The molecule has 3 aromatic carbocycles. The van der Waals surface area contributed by atoms with Gasteiger partial charge in [-0.1, -0.05) is 66.2 Å². The molecule has 2 N–H and O–H groups in total. The molecule has 1 heterocycles. The van der Waals surface area contributed by atoms with Crippen molar-refractivity contribution in [2.45, 2.75) is 45.6 Å². The second-order valence-corrected chi connectivity index (χ2v) is 9.69. The van der Waals surface area contributed by atoms with Gasteiger partial charge in [-0.2, -0.15) is 0 Å². The van der Waals surface area contributed by atoms with E-state index in [4.69, 9.17) is 4.74 Å². The van der Waals surface area contributed by atoms with Crippen molar-refractivity contribution in [3.8, 4) is 11.5 Å². The van der Waals surface area contributed by atoms with Gasteiger partial charge in [-0.3, -0.25) is 9.59 Å². The van der Waals surface area contributed by atoms with Gasteiger partial charge >= 0.3 is 0 Å². The highest BCUT2D eigenvalue weighted by Crippen LogP contribution is 2.30. The number of aryl methyl sites for hydroxylation is 2. The molecule has 0 radical (unpaired) electrons. The normalized spacial score (nSPS) is 15.3. The van der Waals surface area contributed by atoms with Crippen LogP contribution in [0.25, 0.3) is 0 Å². The summed E-state index contributed by atoms with van der Waals surface area (Å²) in [7, 11) is 0. The zero-order valence-corrected chi connectivity index (χ0v) is 21.8. The second kappa shape index (κ2) is 13.1. The maximum absolute atomic E-state index is 13.3. The van der Waals surface area contributed by atoms with Gasteiger partial charge in [0.15, 0.2) is 0 Å². The van der Waals surface area contributed by atoms with Gasteiger partial charge in [0.1, 0.15) is 11.5 Å². The lowest BCUT2D eigenvalue weighted by Gasteiger charge is -2.36. The van der Waals surface area contributed by atoms with Crippen molar-refractivity contribution in [3.05, 3.63) is 95.1 Å². The first-order valence-corrected chi connectivity index (χ1v) is 13.1. The Labute approximate surface area is 220 Å². The van der Waals surface area contributed by atoms with Gasteiger partial charge in [0.2, 0.25) is 11.8 Å². The zero-order valence-electron chi connectivity index (χ0n) is 21.8. The van der Waals surface area contributed by atoms with Crippen LogP contribution in [0.15, 0.2) is 72.8 Å². The van der Waals surface area contributed by atoms with E-state index in [1.165, 1.54) is 12.5 Å². The molecule has 4 rings (SSSR count). The van der Waals surface area contributed by atoms with Crippen molar-refractivity contribution in [1.82, 2.24) is 15.5 Å². The van der Waals surface area contributed by atoms with E-state index < -0.39 is 0 Å². The van der Waals surface area contributed by atoms with Crippen LogP contribution in [0.5, 0.6) is 11.5 Å². The molecule has 0 spiro atoms. The summed E-state index contributed by atoms with van der Waals surface area (Å²) in [5, 5.41) is 6.30. The number of hydrogen-bond acceptors (Lipinski definition) is 4. The Hall–Kier alpha value is -3.64. The molecule has 0 aliphatic carbocycles. The molecule has 2 amide bonds. The molecule has 1 saturated heterocycles. The number of para-hydroxylation sites is 1. The van der Waals surface area contributed by atoms with Crippen molar-refractivity contribution in [1.29, 1.82) is 0 Å². The Morgan fingerprint density at radius 3 is 2.54 bits per heavy atom. The Balaban J connectivity index is 1.42. The van der Waals surface area contributed by atoms with Gasteiger partial charge in [0.05, 0.1) is 0 Å². The minimum absolute atomic E-state index is 0.0411. The maximum atomic E-state index is 13.3. The fourth-order valence-electron chi connectivity index (χ4n) is 4.85. The molecule has 0 bridgehead atoms. The molecule has 1 aliphatic rings. The van der Waals surface area contributed by atoms with E-state index >= 15 is 0 Å². The van der Waals surface area contributed by atoms with Gasteiger partial charge in [0.25, 0.3) is 0 Å². The standard InChI is InChI=1S/C31H37N3O3/c1-23-12-14-30(27(20-23)16-17-33-24(2)35)37-29-11-7-6-10-26(29)13-15-31(36)34-19-18-32-22-28(34)21-25-8-4-3-5-9-25/h3-12,14,20,28,32H,13,15-19,21-22H2,1-2H3,(H,33,35)/t28-/m1/s1. The SMILES string of the molecule is CC(=O)NCCc1cc(C)ccc1Oc1ccccc1CCC(=O)N1CCNC[C@H]1Cc1ccccc1. The summed E-state index contributed by atoms with van der Waals surface area (Å²) >= 11 is 0. The summed E-state index contributed by atoms with van der Waals surface area (Å²) in [5.74, 6) is 1.69. The molecule has 37 heavy (non-hydrogen) atoms. The van der Waals surface area contributed by atoms with Crippen LogP contribution in [0.4, 0.5) is 0 Å². The minimum atomic E-state index is -0.0411. The van der Waals surface area contributed by atoms with E-state index in [1.54, 1.807) is 0 Å². The first kappa shape index (κ1) is 26.4. The Kier molecular flexibility index (Phi) is 9.33. The Bertz CT molecular complexity index is 1200. The topological polar surface area (TPSA) is 70.7 Å². The van der Waals surface area contributed by atoms with Gasteiger partial charge in [0, 0.05) is 45.6 Å². The maximum Gasteiger partial charge on any atom is 0.223 e. The summed E-state index contributed by atoms with van der Waals surface area (Å²) in [6.07, 6.45) is 2.59. The minimum Gasteiger partial charge on any atom is -0.457 e. The third-order valence-electron chi connectivity index (χ3n) is 6.77. The predicted octanol–water partition coefficient (Wildman–Crippen LogP) is 4.44. The average Bonchev–Trinajstić information content (AvgIpc) is 2.90. The molecule has 1 atom stereocenters. The number of ether oxygens (including phenoxy) is 1. The molecule has 1 aliphatic heterocycles. The van der Waals surface area contributed by atoms with E-state index in [0.29, 0.717) is 25.8 Å². The summed E-state index contributed by atoms with van der Waals surface area (Å²) in [6.45, 7) is 6.50. The number of carbonyl (C=O) groups is 2. The zero-order chi connectivity index (χ0) is 26.0. The predicted molar refractivity (Wildman–Crippen MR) is 147 cm³/mol. The molecule has 6 heteroatoms. The van der Waals surface area contributed by atoms with E-state index in [9.17, 15) is 9.59 Å². The molecule has 0 aromatic heterocycles. The Morgan fingerprint density at radius 2 is 1.73 bits per heavy atom. The van der Waals surface area contributed by atoms with Crippen LogP contribution in [0, 0.1) is 6.92 Å². The summed E-state index contributed by atoms with van der Waals surface area (Å²) in [6, 6.07) is 24.6. The monoisotopic (exact) mass is 499 g/mol. The highest BCUT2D eigenvalue weighted by Gasteiger charge is 2.26. The Morgan fingerprint density at radius 1 is 0.973 bits per heavy atom. The van der Waals surface area contributed by atoms with Crippen molar-refractivity contribution in [2.75, 3.05) is 26.2 Å². The largest absolute Gasteiger partial charge is 0.457 e. The highest BCUT2D eigenvalue weighted by molar-refractivity contribution is 5.77. The second-order valence-electron chi connectivity index (χ2n) is 9.69. The van der Waals surface area contributed by atoms with Crippen molar-refractivity contribution in [3.63, 3.8) is 0 Å². The van der Waals surface area contributed by atoms with Crippen LogP contribution in [0.3, 0.4) is 0 Å². The van der Waals surface area contributed by atoms with E-state index in [2.05, 4.69) is 28.8 Å². The summed E-state index contributed by atoms with van der Waals surface area (Å²) < 4.78 is 6.38. The van der Waals surface area contributed by atoms with Crippen LogP contribution in [-0.2, 0) is 28.9 Å². The van der Waals surface area contributed by atoms with E-state index in [0.717, 1.165) is 54.2 Å². The van der Waals surface area contributed by atoms with Gasteiger partial charge in [-0.25, -0.2) is 0 Å². The number of nitrogens with zero attached hydrogens (tertiary/aromatic N) is 1. The van der Waals surface area contributed by atoms with E-state index in [-0.39, 0.29) is 17.9 Å². The molecule has 0 unspecified atom stereocenters. The fraction of sp³-hybridized carbons (Fsp3) is 0.355. The van der Waals surface area contributed by atoms with E-state index in [1.807, 2.05) is 66.4 Å². The number of benzene rings is 3. The molecular weight excluding hydrogens is 462 g/mol. The van der Waals surface area contributed by atoms with Crippen LogP contribution >= 0.6 is 0 Å². The molecule has 194 valence electrons. The third-order valence-corrected chi connectivity index (χ3v) is 6.77. The number of amides is 2. The van der Waals surface area contributed by atoms with Crippen molar-refractivity contribution in [2.24, 2.45) is 0 Å². The van der Waals surface area contributed by atoms with Crippen LogP contribution in [0.2, 0.25) is 0 Å². The van der Waals surface area contributed by atoms with Crippen molar-refractivity contribution < 1.29 is 14.3 Å². The van der Waals surface area contributed by atoms with Crippen LogP contribution < -0.4 is 15.4 Å². The lowest BCUT2D eigenvalue weighted by molar-refractivity contribution is -0.134. The molecular formula is C31H37N3O3. The molecule has 3 aromatic rings. The molecule has 1 fully saturated rings. The molecule has 6 nitrogen and oxygen atoms in total. The quantitative estimate of drug-likeness (QED) is 0.433. The van der Waals surface area contributed by atoms with Gasteiger partial charge in [-0.05, 0) is 55.0 Å². The number of hydrogen-bond donors (Lipinski definition) is 2. The number of rotatable bonds is 10. The first-order chi connectivity index (χ1) is 18.0. The first-order valence-electron chi connectivity index (χ1n) is 13.1. The number of nitrogens with one attached hydrogen (secondary N) is 2. The molecule has 0 saturated carbocycles. The van der Waals surface area contributed by atoms with Crippen molar-refractivity contribution >= 4 is 11.8 Å². The lowest BCUT2D eigenvalue weighted by Crippen LogP contribution is -2.54.